The number of aromatic nitrogens is 3. The summed E-state index contributed by atoms with van der Waals surface area (Å²) in [6.07, 6.45) is 0.594. The molecule has 0 saturated heterocycles. The maximum Gasteiger partial charge on any atom is 0.328 e. The minimum atomic E-state index is -0.371. The van der Waals surface area contributed by atoms with Crippen molar-refractivity contribution in [2.45, 2.75) is 38.5 Å². The Morgan fingerprint density at radius 2 is 1.90 bits per heavy atom. The zero-order valence-electron chi connectivity index (χ0n) is 12.7. The van der Waals surface area contributed by atoms with Crippen LogP contribution in [-0.2, 0) is 13.6 Å². The lowest BCUT2D eigenvalue weighted by Crippen LogP contribution is -2.37. The van der Waals surface area contributed by atoms with Gasteiger partial charge in [0.25, 0.3) is 5.56 Å². The van der Waals surface area contributed by atoms with Crippen LogP contribution in [0.5, 0.6) is 0 Å². The van der Waals surface area contributed by atoms with Crippen molar-refractivity contribution in [3.63, 3.8) is 0 Å². The summed E-state index contributed by atoms with van der Waals surface area (Å²) in [5, 5.41) is 0. The van der Waals surface area contributed by atoms with E-state index in [-0.39, 0.29) is 16.0 Å². The van der Waals surface area contributed by atoms with Crippen LogP contribution < -0.4 is 11.2 Å². The summed E-state index contributed by atoms with van der Waals surface area (Å²) in [5.41, 5.74) is 2.45. The van der Waals surface area contributed by atoms with Crippen LogP contribution >= 0.6 is 25.3 Å². The fourth-order valence-electron chi connectivity index (χ4n) is 2.38. The van der Waals surface area contributed by atoms with Gasteiger partial charge < -0.3 is 9.55 Å². The first-order valence-corrected chi connectivity index (χ1v) is 7.89. The van der Waals surface area contributed by atoms with E-state index >= 15 is 0 Å². The Balaban J connectivity index is 2.59. The molecule has 0 unspecified atom stereocenters. The monoisotopic (exact) mass is 327 g/mol. The molecular weight excluding hydrogens is 306 g/mol. The number of nitrogens with zero attached hydrogens (tertiary/aromatic N) is 2. The Labute approximate surface area is 134 Å². The van der Waals surface area contributed by atoms with Crippen LogP contribution in [0.1, 0.15) is 24.6 Å². The Morgan fingerprint density at radius 3 is 2.48 bits per heavy atom. The zero-order valence-corrected chi connectivity index (χ0v) is 14.5. The van der Waals surface area contributed by atoms with Crippen LogP contribution in [0, 0.1) is 13.8 Å². The summed E-state index contributed by atoms with van der Waals surface area (Å²) in [7, 11) is 1.84. The van der Waals surface area contributed by atoms with E-state index in [1.165, 1.54) is 4.57 Å². The molecule has 0 amide bonds. The van der Waals surface area contributed by atoms with E-state index in [0.717, 1.165) is 11.3 Å². The van der Waals surface area contributed by atoms with Gasteiger partial charge >= 0.3 is 5.69 Å². The highest BCUT2D eigenvalue weighted by Crippen LogP contribution is 2.21. The fraction of sp³-hybridized carbons (Fsp3) is 0.571. The van der Waals surface area contributed by atoms with Gasteiger partial charge in [-0.05, 0) is 32.8 Å². The minimum Gasteiger partial charge on any atom is -0.342 e. The van der Waals surface area contributed by atoms with Gasteiger partial charge in [0.1, 0.15) is 5.52 Å². The van der Waals surface area contributed by atoms with Crippen molar-refractivity contribution < 1.29 is 0 Å². The van der Waals surface area contributed by atoms with Gasteiger partial charge in [0.15, 0.2) is 0 Å². The van der Waals surface area contributed by atoms with E-state index in [1.54, 1.807) is 0 Å². The normalized spacial score (nSPS) is 14.6. The van der Waals surface area contributed by atoms with Crippen molar-refractivity contribution in [3.05, 3.63) is 32.1 Å². The highest BCUT2D eigenvalue weighted by atomic mass is 32.1. The molecule has 0 aliphatic carbocycles. The van der Waals surface area contributed by atoms with Gasteiger partial charge in [-0.15, -0.1) is 0 Å². The van der Waals surface area contributed by atoms with Crippen LogP contribution in [0.2, 0.25) is 0 Å². The Bertz CT molecular complexity index is 799. The highest BCUT2D eigenvalue weighted by molar-refractivity contribution is 7.85. The molecule has 0 bridgehead atoms. The van der Waals surface area contributed by atoms with E-state index in [2.05, 4.69) is 30.2 Å². The predicted octanol–water partition coefficient (Wildman–Crippen LogP) is 1.65. The van der Waals surface area contributed by atoms with Crippen molar-refractivity contribution in [3.8, 4) is 0 Å². The molecule has 0 fully saturated rings. The van der Waals surface area contributed by atoms with E-state index in [0.29, 0.717) is 29.8 Å². The predicted molar refractivity (Wildman–Crippen MR) is 93.1 cm³/mol. The molecule has 0 aromatic carbocycles. The van der Waals surface area contributed by atoms with Crippen molar-refractivity contribution in [1.82, 2.24) is 14.1 Å². The van der Waals surface area contributed by atoms with Gasteiger partial charge in [0.05, 0.1) is 5.52 Å². The van der Waals surface area contributed by atoms with E-state index in [4.69, 9.17) is 0 Å². The molecule has 1 atom stereocenters. The standard InChI is InChI=1S/C14H21N3O2S2/c1-8-9(2)16(4)11-10(8)15-13(19)17(12(11)18)6-5-14(3,21)7-20/h20-21H,5-7H2,1-4H3,(H,15,19)/t14-/m1/s1. The van der Waals surface area contributed by atoms with E-state index < -0.39 is 0 Å². The second kappa shape index (κ2) is 5.61. The number of nitrogens with one attached hydrogen (secondary N) is 1. The van der Waals surface area contributed by atoms with Gasteiger partial charge in [-0.1, -0.05) is 0 Å². The van der Waals surface area contributed by atoms with Crippen LogP contribution in [0.3, 0.4) is 0 Å². The summed E-state index contributed by atoms with van der Waals surface area (Å²) >= 11 is 8.73. The van der Waals surface area contributed by atoms with Gasteiger partial charge in [0.2, 0.25) is 0 Å². The number of fused-ring (bicyclic) bond motifs is 1. The van der Waals surface area contributed by atoms with Crippen molar-refractivity contribution in [2.75, 3.05) is 5.75 Å². The second-order valence-corrected chi connectivity index (χ2v) is 7.18. The number of aromatic amines is 1. The quantitative estimate of drug-likeness (QED) is 0.748. The average Bonchev–Trinajstić information content (AvgIpc) is 2.63. The molecule has 0 saturated carbocycles. The molecule has 0 spiro atoms. The first-order chi connectivity index (χ1) is 9.69. The number of H-pyrrole nitrogens is 1. The highest BCUT2D eigenvalue weighted by Gasteiger charge is 2.20. The van der Waals surface area contributed by atoms with Crippen LogP contribution in [-0.4, -0.2) is 24.6 Å². The molecule has 116 valence electrons. The molecule has 21 heavy (non-hydrogen) atoms. The van der Waals surface area contributed by atoms with Crippen molar-refractivity contribution >= 4 is 36.3 Å². The Kier molecular flexibility index (Phi) is 4.35. The van der Waals surface area contributed by atoms with Gasteiger partial charge in [-0.2, -0.15) is 25.3 Å². The molecule has 2 aromatic heterocycles. The van der Waals surface area contributed by atoms with Crippen molar-refractivity contribution in [2.24, 2.45) is 7.05 Å². The lowest BCUT2D eigenvalue weighted by atomic mass is 10.1. The fourth-order valence-corrected chi connectivity index (χ4v) is 2.64. The number of thiol groups is 2. The summed E-state index contributed by atoms with van der Waals surface area (Å²) in [6, 6.07) is 0. The van der Waals surface area contributed by atoms with Crippen molar-refractivity contribution in [1.29, 1.82) is 0 Å². The summed E-state index contributed by atoms with van der Waals surface area (Å²) in [4.78, 5) is 27.6. The minimum absolute atomic E-state index is 0.254. The lowest BCUT2D eigenvalue weighted by molar-refractivity contribution is 0.534. The van der Waals surface area contributed by atoms with Gasteiger partial charge in [0, 0.05) is 29.8 Å². The smallest absolute Gasteiger partial charge is 0.328 e. The Morgan fingerprint density at radius 1 is 1.29 bits per heavy atom. The van der Waals surface area contributed by atoms with E-state index in [9.17, 15) is 9.59 Å². The second-order valence-electron chi connectivity index (χ2n) is 5.79. The van der Waals surface area contributed by atoms with Crippen LogP contribution in [0.4, 0.5) is 0 Å². The van der Waals surface area contributed by atoms with Gasteiger partial charge in [-0.25, -0.2) is 4.79 Å². The number of hydrogen-bond acceptors (Lipinski definition) is 4. The lowest BCUT2D eigenvalue weighted by Gasteiger charge is -2.20. The largest absolute Gasteiger partial charge is 0.342 e. The molecule has 0 aliphatic rings. The molecule has 1 N–H and O–H groups in total. The maximum absolute atomic E-state index is 12.6. The molecular formula is C14H21N3O2S2. The zero-order chi connectivity index (χ0) is 15.9. The summed E-state index contributed by atoms with van der Waals surface area (Å²) < 4.78 is 2.76. The average molecular weight is 327 g/mol. The molecule has 7 heteroatoms. The van der Waals surface area contributed by atoms with Gasteiger partial charge in [-0.3, -0.25) is 9.36 Å². The first kappa shape index (κ1) is 16.3. The third-order valence-electron chi connectivity index (χ3n) is 4.13. The summed E-state index contributed by atoms with van der Waals surface area (Å²) in [5.74, 6) is 0.577. The molecule has 2 rings (SSSR count). The molecule has 0 radical (unpaired) electrons. The third kappa shape index (κ3) is 2.81. The molecule has 0 aliphatic heterocycles. The molecule has 5 nitrogen and oxygen atoms in total. The molecule has 2 heterocycles. The van der Waals surface area contributed by atoms with Crippen LogP contribution in [0.15, 0.2) is 9.59 Å². The third-order valence-corrected chi connectivity index (χ3v) is 5.46. The van der Waals surface area contributed by atoms with Crippen LogP contribution in [0.25, 0.3) is 11.0 Å². The SMILES string of the molecule is Cc1c(C)n(C)c2c(=O)n(CC[C@@](C)(S)CS)c(=O)[nH]c12. The van der Waals surface area contributed by atoms with E-state index in [1.807, 2.05) is 32.4 Å². The number of aryl methyl sites for hydroxylation is 2. The summed E-state index contributed by atoms with van der Waals surface area (Å²) in [6.45, 7) is 6.11. The Hall–Kier alpha value is -1.08. The first-order valence-electron chi connectivity index (χ1n) is 6.81. The number of rotatable bonds is 4. The number of hydrogen-bond donors (Lipinski definition) is 3. The topological polar surface area (TPSA) is 59.8 Å². The molecule has 2 aromatic rings. The maximum atomic E-state index is 12.6.